The minimum absolute atomic E-state index is 0. The fourth-order valence-corrected chi connectivity index (χ4v) is 3.72. The molecule has 3 aromatic rings. The molecule has 0 atom stereocenters. The smallest absolute Gasteiger partial charge is 0.328 e. The van der Waals surface area contributed by atoms with Crippen molar-refractivity contribution in [3.8, 4) is 5.69 Å². The van der Waals surface area contributed by atoms with Crippen molar-refractivity contribution in [2.24, 2.45) is 5.73 Å². The lowest BCUT2D eigenvalue weighted by Gasteiger charge is -2.27. The largest absolute Gasteiger partial charge is 0.337 e. The molecule has 4 rings (SSSR count). The summed E-state index contributed by atoms with van der Waals surface area (Å²) in [6, 6.07) is 3.50. The van der Waals surface area contributed by atoms with Crippen molar-refractivity contribution >= 4 is 23.4 Å². The number of rotatable bonds is 2. The van der Waals surface area contributed by atoms with Crippen molar-refractivity contribution in [3.05, 3.63) is 68.8 Å². The van der Waals surface area contributed by atoms with Crippen molar-refractivity contribution < 1.29 is 13.2 Å². The summed E-state index contributed by atoms with van der Waals surface area (Å²) in [6.45, 7) is 0. The third-order valence-corrected chi connectivity index (χ3v) is 5.16. The van der Waals surface area contributed by atoms with Gasteiger partial charge in [0, 0.05) is 18.2 Å². The second-order valence-electron chi connectivity index (χ2n) is 6.98. The zero-order chi connectivity index (χ0) is 20.0. The Bertz CT molecular complexity index is 1190. The van der Waals surface area contributed by atoms with Crippen molar-refractivity contribution in [1.82, 2.24) is 14.1 Å². The molecule has 10 heteroatoms. The van der Waals surface area contributed by atoms with Crippen LogP contribution in [0, 0.1) is 17.5 Å². The van der Waals surface area contributed by atoms with E-state index in [9.17, 15) is 22.8 Å². The molecular weight excluding hydrogens is 409 g/mol. The van der Waals surface area contributed by atoms with Crippen LogP contribution in [0.3, 0.4) is 0 Å². The Morgan fingerprint density at radius 2 is 1.69 bits per heavy atom. The van der Waals surface area contributed by atoms with Crippen molar-refractivity contribution in [1.29, 1.82) is 0 Å². The maximum absolute atomic E-state index is 13.8. The van der Waals surface area contributed by atoms with Gasteiger partial charge in [-0.3, -0.25) is 9.36 Å². The molecule has 1 aliphatic carbocycles. The molecule has 1 fully saturated rings. The van der Waals surface area contributed by atoms with E-state index in [1.165, 1.54) is 6.07 Å². The van der Waals surface area contributed by atoms with Crippen LogP contribution in [0.25, 0.3) is 16.7 Å². The zero-order valence-electron chi connectivity index (χ0n) is 15.1. The van der Waals surface area contributed by atoms with Crippen LogP contribution in [-0.2, 0) is 0 Å². The number of hydrogen-bond donors (Lipinski definition) is 1. The van der Waals surface area contributed by atoms with Crippen LogP contribution in [0.15, 0.2) is 40.1 Å². The van der Waals surface area contributed by atoms with Crippen LogP contribution in [-0.4, -0.2) is 20.2 Å². The van der Waals surface area contributed by atoms with E-state index < -0.39 is 34.7 Å². The molecule has 154 valence electrons. The van der Waals surface area contributed by atoms with E-state index in [2.05, 4.69) is 4.98 Å². The fraction of sp³-hybridized carbons (Fsp3) is 0.316. The van der Waals surface area contributed by atoms with Gasteiger partial charge in [0.1, 0.15) is 5.82 Å². The Labute approximate surface area is 169 Å². The first-order valence-corrected chi connectivity index (χ1v) is 8.90. The molecule has 0 spiro atoms. The molecule has 2 N–H and O–H groups in total. The van der Waals surface area contributed by atoms with Gasteiger partial charge in [-0.05, 0) is 43.9 Å². The summed E-state index contributed by atoms with van der Waals surface area (Å²) in [5, 5.41) is -0.112. The lowest BCUT2D eigenvalue weighted by Crippen LogP contribution is -2.44. The van der Waals surface area contributed by atoms with Crippen molar-refractivity contribution in [2.75, 3.05) is 0 Å². The van der Waals surface area contributed by atoms with Crippen LogP contribution in [0.4, 0.5) is 13.2 Å². The first-order chi connectivity index (χ1) is 13.4. The summed E-state index contributed by atoms with van der Waals surface area (Å²) in [5.41, 5.74) is 4.39. The van der Waals surface area contributed by atoms with Gasteiger partial charge in [0.25, 0.3) is 5.56 Å². The predicted octanol–water partition coefficient (Wildman–Crippen LogP) is 2.83. The van der Waals surface area contributed by atoms with E-state index in [0.717, 1.165) is 33.5 Å². The molecule has 0 radical (unpaired) electrons. The summed E-state index contributed by atoms with van der Waals surface area (Å²) in [6.07, 6.45) is 3.18. The Kier molecular flexibility index (Phi) is 5.81. The minimum Gasteiger partial charge on any atom is -0.328 e. The molecule has 1 aliphatic rings. The van der Waals surface area contributed by atoms with Crippen LogP contribution >= 0.6 is 12.4 Å². The predicted molar refractivity (Wildman–Crippen MR) is 104 cm³/mol. The summed E-state index contributed by atoms with van der Waals surface area (Å²) < 4.78 is 43.0. The van der Waals surface area contributed by atoms with Gasteiger partial charge >= 0.3 is 5.69 Å². The number of benzene rings is 1. The SMILES string of the molecule is Cl.NC1CCC(n2c(=O)c3cc(F)cnc3n(-c3ccc(F)c(F)c3)c2=O)CC1. The quantitative estimate of drug-likeness (QED) is 0.683. The van der Waals surface area contributed by atoms with E-state index in [1.807, 2.05) is 0 Å². The summed E-state index contributed by atoms with van der Waals surface area (Å²) in [7, 11) is 0. The van der Waals surface area contributed by atoms with Gasteiger partial charge in [0.05, 0.1) is 17.3 Å². The Hall–Kier alpha value is -2.65. The highest BCUT2D eigenvalue weighted by Gasteiger charge is 2.26. The van der Waals surface area contributed by atoms with Gasteiger partial charge in [-0.1, -0.05) is 0 Å². The van der Waals surface area contributed by atoms with Crippen LogP contribution < -0.4 is 17.0 Å². The van der Waals surface area contributed by atoms with Gasteiger partial charge in [0.2, 0.25) is 0 Å². The van der Waals surface area contributed by atoms with Crippen LogP contribution in [0.5, 0.6) is 0 Å². The molecule has 1 saturated carbocycles. The van der Waals surface area contributed by atoms with E-state index in [0.29, 0.717) is 25.7 Å². The first kappa shape index (κ1) is 21.1. The average Bonchev–Trinajstić information content (AvgIpc) is 2.67. The number of nitrogens with zero attached hydrogens (tertiary/aromatic N) is 3. The molecule has 1 aromatic carbocycles. The average molecular weight is 427 g/mol. The molecule has 0 saturated heterocycles. The third kappa shape index (κ3) is 3.67. The molecule has 0 amide bonds. The summed E-state index contributed by atoms with van der Waals surface area (Å²) in [4.78, 5) is 30.0. The monoisotopic (exact) mass is 426 g/mol. The van der Waals surface area contributed by atoms with E-state index in [1.54, 1.807) is 0 Å². The number of nitrogens with two attached hydrogens (primary N) is 1. The highest BCUT2D eigenvalue weighted by molar-refractivity contribution is 5.85. The molecule has 6 nitrogen and oxygen atoms in total. The standard InChI is InChI=1S/C19H17F3N4O2.ClH/c20-10-7-14-17(24-9-10)25(13-5-6-15(21)16(22)8-13)19(28)26(18(14)27)12-3-1-11(23)2-4-12;/h5-9,11-12H,1-4,23H2;1H. The molecule has 29 heavy (non-hydrogen) atoms. The zero-order valence-corrected chi connectivity index (χ0v) is 16.0. The molecule has 0 unspecified atom stereocenters. The van der Waals surface area contributed by atoms with Gasteiger partial charge in [0.15, 0.2) is 17.3 Å². The van der Waals surface area contributed by atoms with Crippen LogP contribution in [0.1, 0.15) is 31.7 Å². The lowest BCUT2D eigenvalue weighted by atomic mass is 9.91. The third-order valence-electron chi connectivity index (χ3n) is 5.16. The maximum atomic E-state index is 13.8. The Balaban J connectivity index is 0.00000240. The normalized spacial score (nSPS) is 19.2. The minimum atomic E-state index is -1.15. The number of fused-ring (bicyclic) bond motifs is 1. The lowest BCUT2D eigenvalue weighted by molar-refractivity contribution is 0.309. The molecule has 0 aliphatic heterocycles. The summed E-state index contributed by atoms with van der Waals surface area (Å²) in [5.74, 6) is -2.96. The number of hydrogen-bond acceptors (Lipinski definition) is 4. The van der Waals surface area contributed by atoms with Crippen LogP contribution in [0.2, 0.25) is 0 Å². The molecular formula is C19H18ClF3N4O2. The highest BCUT2D eigenvalue weighted by atomic mass is 35.5. The number of aromatic nitrogens is 3. The Morgan fingerprint density at radius 1 is 1.00 bits per heavy atom. The van der Waals surface area contributed by atoms with Gasteiger partial charge in [-0.25, -0.2) is 27.5 Å². The van der Waals surface area contributed by atoms with E-state index in [4.69, 9.17) is 5.73 Å². The first-order valence-electron chi connectivity index (χ1n) is 8.90. The van der Waals surface area contributed by atoms with E-state index >= 15 is 0 Å². The topological polar surface area (TPSA) is 82.9 Å². The second-order valence-corrected chi connectivity index (χ2v) is 6.98. The highest BCUT2D eigenvalue weighted by Crippen LogP contribution is 2.26. The number of pyridine rings is 1. The van der Waals surface area contributed by atoms with Crippen molar-refractivity contribution in [2.45, 2.75) is 37.8 Å². The maximum Gasteiger partial charge on any atom is 0.337 e. The van der Waals surface area contributed by atoms with Gasteiger partial charge in [-0.2, -0.15) is 0 Å². The number of halogens is 4. The fourth-order valence-electron chi connectivity index (χ4n) is 3.72. The molecule has 0 bridgehead atoms. The molecule has 2 aromatic heterocycles. The van der Waals surface area contributed by atoms with E-state index in [-0.39, 0.29) is 35.2 Å². The van der Waals surface area contributed by atoms with Gasteiger partial charge in [-0.15, -0.1) is 12.4 Å². The second kappa shape index (κ2) is 8.00. The molecule has 2 heterocycles. The Morgan fingerprint density at radius 3 is 2.34 bits per heavy atom. The van der Waals surface area contributed by atoms with Crippen molar-refractivity contribution in [3.63, 3.8) is 0 Å². The van der Waals surface area contributed by atoms with Gasteiger partial charge < -0.3 is 5.73 Å². The summed E-state index contributed by atoms with van der Waals surface area (Å²) >= 11 is 0.